The first kappa shape index (κ1) is 20.2. The predicted octanol–water partition coefficient (Wildman–Crippen LogP) is 1.83. The van der Waals surface area contributed by atoms with E-state index in [1.54, 1.807) is 19.1 Å². The van der Waals surface area contributed by atoms with E-state index in [9.17, 15) is 23.4 Å². The van der Waals surface area contributed by atoms with Crippen LogP contribution in [0.25, 0.3) is 5.57 Å². The Hall–Kier alpha value is -2.72. The van der Waals surface area contributed by atoms with Gasteiger partial charge in [-0.1, -0.05) is 18.2 Å². The fraction of sp³-hybridized carbons (Fsp3) is 0.318. The van der Waals surface area contributed by atoms with E-state index in [-0.39, 0.29) is 23.6 Å². The van der Waals surface area contributed by atoms with Gasteiger partial charge in [-0.3, -0.25) is 4.79 Å². The van der Waals surface area contributed by atoms with Crippen LogP contribution in [0.3, 0.4) is 0 Å². The van der Waals surface area contributed by atoms with Gasteiger partial charge < -0.3 is 20.8 Å². The number of carbonyl (C=O) groups is 1. The van der Waals surface area contributed by atoms with Crippen molar-refractivity contribution in [2.75, 3.05) is 23.7 Å². The van der Waals surface area contributed by atoms with Crippen LogP contribution in [0.1, 0.15) is 30.9 Å². The second-order valence-corrected chi connectivity index (χ2v) is 10.2. The number of aliphatic hydroxyl groups is 2. The molecule has 31 heavy (non-hydrogen) atoms. The topological polar surface area (TPSA) is 119 Å². The van der Waals surface area contributed by atoms with Crippen molar-refractivity contribution in [2.24, 2.45) is 0 Å². The molecule has 4 N–H and O–H groups in total. The number of para-hydroxylation sites is 1. The van der Waals surface area contributed by atoms with Crippen molar-refractivity contribution in [3.8, 4) is 0 Å². The van der Waals surface area contributed by atoms with Gasteiger partial charge in [0.05, 0.1) is 22.3 Å². The first-order valence-corrected chi connectivity index (χ1v) is 11.6. The summed E-state index contributed by atoms with van der Waals surface area (Å²) in [5.74, 6) is -0.402. The molecule has 2 aromatic rings. The van der Waals surface area contributed by atoms with Crippen LogP contribution in [0.5, 0.6) is 0 Å². The molecule has 5 rings (SSSR count). The Bertz CT molecular complexity index is 1230. The van der Waals surface area contributed by atoms with Gasteiger partial charge in [-0.05, 0) is 44.0 Å². The minimum absolute atomic E-state index is 0.0763. The number of benzene rings is 2. The molecule has 3 aliphatic heterocycles. The largest absolute Gasteiger partial charge is 0.393 e. The normalized spacial score (nSPS) is 26.4. The Balaban J connectivity index is 1.60. The van der Waals surface area contributed by atoms with E-state index in [0.717, 1.165) is 0 Å². The van der Waals surface area contributed by atoms with Crippen molar-refractivity contribution >= 4 is 32.9 Å². The molecule has 162 valence electrons. The SMILES string of the molecule is C[C@@]1(O)C(=C2C(=O)Nc3ccc(S(=O)(=O)N4CCC(O)CC4)cc32)Nc2ccccc21. The third-order valence-electron chi connectivity index (χ3n) is 6.24. The molecule has 1 atom stereocenters. The van der Waals surface area contributed by atoms with Crippen LogP contribution in [0.2, 0.25) is 0 Å². The number of aliphatic hydroxyl groups excluding tert-OH is 1. The molecule has 3 aliphatic rings. The molecular weight excluding hydrogens is 418 g/mol. The van der Waals surface area contributed by atoms with E-state index >= 15 is 0 Å². The lowest BCUT2D eigenvalue weighted by atomic mass is 9.91. The minimum Gasteiger partial charge on any atom is -0.393 e. The van der Waals surface area contributed by atoms with Crippen LogP contribution in [-0.2, 0) is 20.4 Å². The van der Waals surface area contributed by atoms with Gasteiger partial charge in [0.15, 0.2) is 0 Å². The highest BCUT2D eigenvalue weighted by atomic mass is 32.2. The van der Waals surface area contributed by atoms with Crippen molar-refractivity contribution in [1.29, 1.82) is 0 Å². The average Bonchev–Trinajstić information content (AvgIpc) is 3.20. The van der Waals surface area contributed by atoms with E-state index in [0.29, 0.717) is 41.0 Å². The predicted molar refractivity (Wildman–Crippen MR) is 116 cm³/mol. The van der Waals surface area contributed by atoms with Gasteiger partial charge in [0.1, 0.15) is 5.60 Å². The van der Waals surface area contributed by atoms with Crippen LogP contribution in [0, 0.1) is 0 Å². The van der Waals surface area contributed by atoms with Crippen molar-refractivity contribution in [3.63, 3.8) is 0 Å². The van der Waals surface area contributed by atoms with E-state index in [4.69, 9.17) is 0 Å². The quantitative estimate of drug-likeness (QED) is 0.528. The molecule has 0 aromatic heterocycles. The van der Waals surface area contributed by atoms with Gasteiger partial charge in [-0.2, -0.15) is 4.31 Å². The Kier molecular flexibility index (Phi) is 4.49. The summed E-state index contributed by atoms with van der Waals surface area (Å²) < 4.78 is 27.7. The van der Waals surface area contributed by atoms with E-state index in [1.165, 1.54) is 16.4 Å². The van der Waals surface area contributed by atoms with Gasteiger partial charge in [0, 0.05) is 35.6 Å². The Morgan fingerprint density at radius 3 is 2.48 bits per heavy atom. The summed E-state index contributed by atoms with van der Waals surface area (Å²) in [7, 11) is -3.78. The van der Waals surface area contributed by atoms with Crippen LogP contribution < -0.4 is 10.6 Å². The van der Waals surface area contributed by atoms with E-state index in [1.807, 2.05) is 18.2 Å². The summed E-state index contributed by atoms with van der Waals surface area (Å²) in [6.45, 7) is 2.10. The number of nitrogens with zero attached hydrogens (tertiary/aromatic N) is 1. The van der Waals surface area contributed by atoms with Crippen molar-refractivity contribution in [3.05, 3.63) is 59.3 Å². The summed E-state index contributed by atoms with van der Waals surface area (Å²) >= 11 is 0. The smallest absolute Gasteiger partial charge is 0.258 e. The minimum atomic E-state index is -3.78. The third-order valence-corrected chi connectivity index (χ3v) is 8.14. The Morgan fingerprint density at radius 1 is 1.06 bits per heavy atom. The summed E-state index contributed by atoms with van der Waals surface area (Å²) in [5, 5.41) is 26.8. The molecule has 2 aromatic carbocycles. The number of nitrogens with one attached hydrogen (secondary N) is 2. The summed E-state index contributed by atoms with van der Waals surface area (Å²) in [5.41, 5.74) is 1.39. The lowest BCUT2D eigenvalue weighted by Gasteiger charge is -2.28. The summed E-state index contributed by atoms with van der Waals surface area (Å²) in [6, 6.07) is 11.8. The van der Waals surface area contributed by atoms with Crippen LogP contribution in [0.4, 0.5) is 11.4 Å². The second kappa shape index (κ2) is 6.89. The molecule has 9 heteroatoms. The number of anilines is 2. The van der Waals surface area contributed by atoms with Crippen LogP contribution in [-0.4, -0.2) is 48.0 Å². The molecule has 0 bridgehead atoms. The Labute approximate surface area is 180 Å². The Morgan fingerprint density at radius 2 is 1.77 bits per heavy atom. The number of amides is 1. The zero-order valence-electron chi connectivity index (χ0n) is 16.9. The fourth-order valence-corrected chi connectivity index (χ4v) is 6.00. The van der Waals surface area contributed by atoms with Gasteiger partial charge in [-0.15, -0.1) is 0 Å². The summed E-state index contributed by atoms with van der Waals surface area (Å²) in [4.78, 5) is 12.9. The fourth-order valence-electron chi connectivity index (χ4n) is 4.50. The molecule has 3 heterocycles. The lowest BCUT2D eigenvalue weighted by Crippen LogP contribution is -2.40. The first-order valence-electron chi connectivity index (χ1n) is 10.2. The number of hydrogen-bond acceptors (Lipinski definition) is 6. The number of sulfonamides is 1. The average molecular weight is 442 g/mol. The summed E-state index contributed by atoms with van der Waals surface area (Å²) in [6.07, 6.45) is 0.303. The molecule has 0 saturated carbocycles. The second-order valence-electron chi connectivity index (χ2n) is 8.29. The highest BCUT2D eigenvalue weighted by Gasteiger charge is 2.43. The van der Waals surface area contributed by atoms with Crippen LogP contribution >= 0.6 is 0 Å². The molecule has 0 unspecified atom stereocenters. The monoisotopic (exact) mass is 441 g/mol. The van der Waals surface area contributed by atoms with Crippen molar-refractivity contribution in [2.45, 2.75) is 36.4 Å². The van der Waals surface area contributed by atoms with E-state index in [2.05, 4.69) is 10.6 Å². The van der Waals surface area contributed by atoms with E-state index < -0.39 is 27.6 Å². The van der Waals surface area contributed by atoms with Crippen molar-refractivity contribution < 1.29 is 23.4 Å². The van der Waals surface area contributed by atoms with Gasteiger partial charge in [0.25, 0.3) is 5.91 Å². The number of hydrogen-bond donors (Lipinski definition) is 4. The zero-order chi connectivity index (χ0) is 22.0. The molecule has 1 fully saturated rings. The van der Waals surface area contributed by atoms with Crippen molar-refractivity contribution in [1.82, 2.24) is 4.31 Å². The number of fused-ring (bicyclic) bond motifs is 2. The van der Waals surface area contributed by atoms with Gasteiger partial charge >= 0.3 is 0 Å². The number of carbonyl (C=O) groups excluding carboxylic acids is 1. The molecule has 0 radical (unpaired) electrons. The molecule has 1 amide bonds. The van der Waals surface area contributed by atoms with Crippen LogP contribution in [0.15, 0.2) is 53.1 Å². The number of rotatable bonds is 2. The van der Waals surface area contributed by atoms with Gasteiger partial charge in [0.2, 0.25) is 10.0 Å². The zero-order valence-corrected chi connectivity index (χ0v) is 17.7. The first-order chi connectivity index (χ1) is 14.7. The third kappa shape index (κ3) is 3.08. The standard InChI is InChI=1S/C22H23N3O5S/c1-22(28)16-4-2-3-5-18(16)23-20(22)19-15-12-14(6-7-17(15)24-21(19)27)31(29,30)25-10-8-13(26)9-11-25/h2-7,12-13,23,26,28H,8-11H2,1H3,(H,24,27)/t22-/m0/s1. The molecular formula is C22H23N3O5S. The lowest BCUT2D eigenvalue weighted by molar-refractivity contribution is -0.110. The molecule has 1 saturated heterocycles. The van der Waals surface area contributed by atoms with Gasteiger partial charge in [-0.25, -0.2) is 8.42 Å². The molecule has 0 aliphatic carbocycles. The molecule has 0 spiro atoms. The maximum absolute atomic E-state index is 13.2. The molecule has 8 nitrogen and oxygen atoms in total. The maximum Gasteiger partial charge on any atom is 0.258 e. The highest BCUT2D eigenvalue weighted by Crippen LogP contribution is 2.47. The highest BCUT2D eigenvalue weighted by molar-refractivity contribution is 7.89. The number of piperidine rings is 1. The maximum atomic E-state index is 13.2.